The summed E-state index contributed by atoms with van der Waals surface area (Å²) in [6, 6.07) is 16.2. The number of carbonyl (C=O) groups is 1. The molecule has 2 aromatic carbocycles. The highest BCUT2D eigenvalue weighted by atomic mass is 16.5. The second kappa shape index (κ2) is 11.0. The molecule has 2 heterocycles. The molecule has 172 valence electrons. The summed E-state index contributed by atoms with van der Waals surface area (Å²) in [6.07, 6.45) is 4.53. The molecular weight excluding hydrogens is 400 g/mol. The second-order valence-electron chi connectivity index (χ2n) is 9.22. The van der Waals surface area contributed by atoms with E-state index < -0.39 is 0 Å². The number of ether oxygens (including phenoxy) is 2. The fourth-order valence-corrected chi connectivity index (χ4v) is 4.88. The van der Waals surface area contributed by atoms with Gasteiger partial charge in [-0.3, -0.25) is 9.69 Å². The fraction of sp³-hybridized carbons (Fsp3) is 0.519. The van der Waals surface area contributed by atoms with E-state index in [4.69, 9.17) is 9.47 Å². The summed E-state index contributed by atoms with van der Waals surface area (Å²) in [5.74, 6) is 1.33. The van der Waals surface area contributed by atoms with Crippen LogP contribution in [0.15, 0.2) is 48.5 Å². The van der Waals surface area contributed by atoms with Crippen molar-refractivity contribution in [2.45, 2.75) is 45.3 Å². The summed E-state index contributed by atoms with van der Waals surface area (Å²) < 4.78 is 11.2. The summed E-state index contributed by atoms with van der Waals surface area (Å²) in [4.78, 5) is 18.0. The summed E-state index contributed by atoms with van der Waals surface area (Å²) >= 11 is 0. The number of carbonyl (C=O) groups excluding carboxylic acids is 1. The van der Waals surface area contributed by atoms with Crippen molar-refractivity contribution < 1.29 is 14.3 Å². The minimum absolute atomic E-state index is 0.0849. The van der Waals surface area contributed by atoms with E-state index in [9.17, 15) is 4.79 Å². The van der Waals surface area contributed by atoms with Crippen molar-refractivity contribution in [3.63, 3.8) is 0 Å². The number of piperidine rings is 1. The van der Waals surface area contributed by atoms with E-state index in [1.807, 2.05) is 29.2 Å². The topological polar surface area (TPSA) is 42.0 Å². The van der Waals surface area contributed by atoms with Crippen molar-refractivity contribution in [1.82, 2.24) is 9.80 Å². The normalized spacial score (nSPS) is 19.8. The Morgan fingerprint density at radius 3 is 2.62 bits per heavy atom. The number of hydrogen-bond donors (Lipinski definition) is 0. The Morgan fingerprint density at radius 2 is 1.91 bits per heavy atom. The second-order valence-corrected chi connectivity index (χ2v) is 9.22. The maximum atomic E-state index is 13.4. The molecule has 5 heteroatoms. The zero-order chi connectivity index (χ0) is 22.3. The highest BCUT2D eigenvalue weighted by Gasteiger charge is 2.28. The molecule has 0 saturated carbocycles. The minimum atomic E-state index is 0.0849. The lowest BCUT2D eigenvalue weighted by Crippen LogP contribution is -2.43. The number of rotatable bonds is 8. The van der Waals surface area contributed by atoms with E-state index in [1.165, 1.54) is 11.1 Å². The Balaban J connectivity index is 1.37. The Kier molecular flexibility index (Phi) is 7.82. The van der Waals surface area contributed by atoms with Crippen LogP contribution in [-0.4, -0.2) is 61.7 Å². The van der Waals surface area contributed by atoms with Crippen LogP contribution in [0.25, 0.3) is 0 Å². The molecule has 2 aliphatic rings. The van der Waals surface area contributed by atoms with E-state index in [0.29, 0.717) is 18.0 Å². The SMILES string of the molecule is COc1cccc(C(=O)N(CC2CCN(Cc3ccccc3C)CC2)C[C@@H]2CCCO2)c1. The van der Waals surface area contributed by atoms with Crippen LogP contribution in [0.5, 0.6) is 5.75 Å². The average Bonchev–Trinajstić information content (AvgIpc) is 3.34. The molecule has 0 aliphatic carbocycles. The van der Waals surface area contributed by atoms with E-state index in [2.05, 4.69) is 36.1 Å². The van der Waals surface area contributed by atoms with Crippen LogP contribution in [0.2, 0.25) is 0 Å². The van der Waals surface area contributed by atoms with Gasteiger partial charge in [0, 0.05) is 31.8 Å². The van der Waals surface area contributed by atoms with Crippen molar-refractivity contribution in [3.05, 3.63) is 65.2 Å². The van der Waals surface area contributed by atoms with Crippen molar-refractivity contribution in [2.24, 2.45) is 5.92 Å². The van der Waals surface area contributed by atoms with Gasteiger partial charge in [-0.05, 0) is 80.9 Å². The van der Waals surface area contributed by atoms with E-state index >= 15 is 0 Å². The molecule has 0 unspecified atom stereocenters. The number of benzene rings is 2. The quantitative estimate of drug-likeness (QED) is 0.609. The van der Waals surface area contributed by atoms with Gasteiger partial charge in [0.1, 0.15) is 5.75 Å². The Labute approximate surface area is 192 Å². The molecule has 2 aromatic rings. The van der Waals surface area contributed by atoms with E-state index in [-0.39, 0.29) is 12.0 Å². The van der Waals surface area contributed by atoms with Crippen molar-refractivity contribution in [1.29, 1.82) is 0 Å². The Bertz CT molecular complexity index is 886. The van der Waals surface area contributed by atoms with Gasteiger partial charge in [0.2, 0.25) is 0 Å². The first kappa shape index (κ1) is 22.8. The smallest absolute Gasteiger partial charge is 0.254 e. The van der Waals surface area contributed by atoms with Gasteiger partial charge in [0.25, 0.3) is 5.91 Å². The lowest BCUT2D eigenvalue weighted by molar-refractivity contribution is 0.0444. The van der Waals surface area contributed by atoms with Crippen LogP contribution in [0.4, 0.5) is 0 Å². The zero-order valence-electron chi connectivity index (χ0n) is 19.5. The van der Waals surface area contributed by atoms with E-state index in [0.717, 1.165) is 64.2 Å². The molecule has 2 saturated heterocycles. The molecule has 1 amide bonds. The van der Waals surface area contributed by atoms with Gasteiger partial charge in [-0.15, -0.1) is 0 Å². The first-order valence-corrected chi connectivity index (χ1v) is 11.9. The van der Waals surface area contributed by atoms with Gasteiger partial charge in [0.05, 0.1) is 13.2 Å². The lowest BCUT2D eigenvalue weighted by Gasteiger charge is -2.36. The number of methoxy groups -OCH3 is 1. The molecular formula is C27H36N2O3. The largest absolute Gasteiger partial charge is 0.497 e. The third-order valence-corrected chi connectivity index (χ3v) is 6.89. The van der Waals surface area contributed by atoms with Crippen LogP contribution in [0, 0.1) is 12.8 Å². The standard InChI is InChI=1S/C27H36N2O3/c1-21-7-3-4-8-24(21)19-28-14-12-22(13-15-28)18-29(20-26-11-6-16-32-26)27(30)23-9-5-10-25(17-23)31-2/h3-5,7-10,17,22,26H,6,11-16,18-20H2,1-2H3/t26-/m0/s1. The van der Waals surface area contributed by atoms with Crippen LogP contribution in [-0.2, 0) is 11.3 Å². The minimum Gasteiger partial charge on any atom is -0.497 e. The number of amides is 1. The summed E-state index contributed by atoms with van der Waals surface area (Å²) in [5.41, 5.74) is 3.47. The number of hydrogen-bond acceptors (Lipinski definition) is 4. The molecule has 0 spiro atoms. The number of likely N-dealkylation sites (tertiary alicyclic amines) is 1. The fourth-order valence-electron chi connectivity index (χ4n) is 4.88. The molecule has 4 rings (SSSR count). The molecule has 0 radical (unpaired) electrons. The molecule has 0 bridgehead atoms. The Hall–Kier alpha value is -2.37. The third kappa shape index (κ3) is 5.90. The number of aryl methyl sites for hydroxylation is 1. The first-order chi connectivity index (χ1) is 15.6. The van der Waals surface area contributed by atoms with Gasteiger partial charge >= 0.3 is 0 Å². The predicted octanol–water partition coefficient (Wildman–Crippen LogP) is 4.54. The maximum absolute atomic E-state index is 13.4. The van der Waals surface area contributed by atoms with Gasteiger partial charge in [-0.25, -0.2) is 0 Å². The molecule has 0 N–H and O–H groups in total. The summed E-state index contributed by atoms with van der Waals surface area (Å²) in [6.45, 7) is 7.66. The van der Waals surface area contributed by atoms with Gasteiger partial charge in [-0.1, -0.05) is 30.3 Å². The average molecular weight is 437 g/mol. The Morgan fingerprint density at radius 1 is 1.09 bits per heavy atom. The monoisotopic (exact) mass is 436 g/mol. The molecule has 32 heavy (non-hydrogen) atoms. The van der Waals surface area contributed by atoms with Crippen LogP contribution in [0.1, 0.15) is 47.2 Å². The highest BCUT2D eigenvalue weighted by molar-refractivity contribution is 5.94. The van der Waals surface area contributed by atoms with Crippen molar-refractivity contribution in [3.8, 4) is 5.75 Å². The summed E-state index contributed by atoms with van der Waals surface area (Å²) in [5, 5.41) is 0. The zero-order valence-corrected chi connectivity index (χ0v) is 19.5. The molecule has 0 aromatic heterocycles. The van der Waals surface area contributed by atoms with Crippen molar-refractivity contribution in [2.75, 3.05) is 39.9 Å². The van der Waals surface area contributed by atoms with Crippen LogP contribution in [0.3, 0.4) is 0 Å². The number of nitrogens with zero attached hydrogens (tertiary/aromatic N) is 2. The first-order valence-electron chi connectivity index (χ1n) is 11.9. The van der Waals surface area contributed by atoms with Crippen LogP contribution >= 0.6 is 0 Å². The highest BCUT2D eigenvalue weighted by Crippen LogP contribution is 2.24. The van der Waals surface area contributed by atoms with Gasteiger partial charge < -0.3 is 14.4 Å². The molecule has 2 aliphatic heterocycles. The maximum Gasteiger partial charge on any atom is 0.254 e. The predicted molar refractivity (Wildman–Crippen MR) is 127 cm³/mol. The van der Waals surface area contributed by atoms with Crippen LogP contribution < -0.4 is 4.74 Å². The molecule has 2 fully saturated rings. The van der Waals surface area contributed by atoms with Gasteiger partial charge in [-0.2, -0.15) is 0 Å². The van der Waals surface area contributed by atoms with Gasteiger partial charge in [0.15, 0.2) is 0 Å². The lowest BCUT2D eigenvalue weighted by atomic mass is 9.95. The molecule has 5 nitrogen and oxygen atoms in total. The molecule has 1 atom stereocenters. The summed E-state index contributed by atoms with van der Waals surface area (Å²) in [7, 11) is 1.64. The van der Waals surface area contributed by atoms with Crippen molar-refractivity contribution >= 4 is 5.91 Å². The van der Waals surface area contributed by atoms with E-state index in [1.54, 1.807) is 7.11 Å². The third-order valence-electron chi connectivity index (χ3n) is 6.89.